The van der Waals surface area contributed by atoms with Crippen molar-refractivity contribution in [2.45, 2.75) is 37.4 Å². The van der Waals surface area contributed by atoms with Crippen LogP contribution in [0.4, 0.5) is 11.6 Å². The van der Waals surface area contributed by atoms with Crippen LogP contribution in [0.3, 0.4) is 0 Å². The molecule has 0 saturated carbocycles. The van der Waals surface area contributed by atoms with Crippen LogP contribution in [0.5, 0.6) is 0 Å². The largest absolute Gasteiger partial charge is 0.383 e. The number of aromatic nitrogens is 2. The van der Waals surface area contributed by atoms with Gasteiger partial charge in [-0.15, -0.1) is 0 Å². The number of nitrogens with zero attached hydrogens (tertiary/aromatic N) is 4. The fourth-order valence-corrected chi connectivity index (χ4v) is 3.28. The number of unbranched alkanes of at least 4 members (excludes halogenated alkanes) is 1. The predicted octanol–water partition coefficient (Wildman–Crippen LogP) is 2.09. The summed E-state index contributed by atoms with van der Waals surface area (Å²) in [6, 6.07) is 2.49. The third kappa shape index (κ3) is 3.99. The molecule has 0 aromatic carbocycles. The standard InChI is InChI=1S/C14H25N5S/c1-4-5-8-20-14-16-12(15)9-13(17-14)19-7-6-11(10-19)18(2)3/h9,11H,4-8,10H2,1-3H3,(H2,15,16,17)/t11-/m0/s1. The fraction of sp³-hybridized carbons (Fsp3) is 0.714. The molecular weight excluding hydrogens is 270 g/mol. The lowest BCUT2D eigenvalue weighted by Crippen LogP contribution is -2.31. The van der Waals surface area contributed by atoms with Gasteiger partial charge in [-0.1, -0.05) is 25.1 Å². The molecule has 0 unspecified atom stereocenters. The van der Waals surface area contributed by atoms with E-state index in [2.05, 4.69) is 40.8 Å². The van der Waals surface area contributed by atoms with Crippen molar-refractivity contribution in [2.75, 3.05) is 43.6 Å². The van der Waals surface area contributed by atoms with Crippen molar-refractivity contribution in [2.24, 2.45) is 0 Å². The van der Waals surface area contributed by atoms with Gasteiger partial charge in [0.2, 0.25) is 0 Å². The quantitative estimate of drug-likeness (QED) is 0.493. The summed E-state index contributed by atoms with van der Waals surface area (Å²) in [6.45, 7) is 4.25. The lowest BCUT2D eigenvalue weighted by Gasteiger charge is -2.21. The topological polar surface area (TPSA) is 58.3 Å². The van der Waals surface area contributed by atoms with Gasteiger partial charge in [-0.05, 0) is 26.9 Å². The average Bonchev–Trinajstić information content (AvgIpc) is 2.88. The van der Waals surface area contributed by atoms with Crippen LogP contribution >= 0.6 is 11.8 Å². The first-order valence-corrected chi connectivity index (χ1v) is 8.27. The minimum Gasteiger partial charge on any atom is -0.383 e. The lowest BCUT2D eigenvalue weighted by atomic mass is 10.2. The van der Waals surface area contributed by atoms with Gasteiger partial charge in [-0.2, -0.15) is 0 Å². The Balaban J connectivity index is 2.04. The molecule has 1 aliphatic heterocycles. The number of likely N-dealkylation sites (N-methyl/N-ethyl adjacent to an activating group) is 1. The molecule has 1 atom stereocenters. The van der Waals surface area contributed by atoms with Gasteiger partial charge < -0.3 is 15.5 Å². The van der Waals surface area contributed by atoms with Crippen LogP contribution in [0.25, 0.3) is 0 Å². The van der Waals surface area contributed by atoms with Gasteiger partial charge in [0.15, 0.2) is 5.16 Å². The van der Waals surface area contributed by atoms with Gasteiger partial charge in [-0.25, -0.2) is 9.97 Å². The van der Waals surface area contributed by atoms with Gasteiger partial charge >= 0.3 is 0 Å². The molecule has 2 N–H and O–H groups in total. The monoisotopic (exact) mass is 295 g/mol. The molecule has 2 rings (SSSR count). The summed E-state index contributed by atoms with van der Waals surface area (Å²) in [4.78, 5) is 13.6. The van der Waals surface area contributed by atoms with E-state index in [1.165, 1.54) is 19.3 Å². The molecule has 1 aromatic heterocycles. The summed E-state index contributed by atoms with van der Waals surface area (Å²) in [5.41, 5.74) is 5.92. The van der Waals surface area contributed by atoms with Gasteiger partial charge in [0.25, 0.3) is 0 Å². The number of nitrogen functional groups attached to an aromatic ring is 1. The summed E-state index contributed by atoms with van der Waals surface area (Å²) in [5, 5.41) is 0.807. The Morgan fingerprint density at radius 1 is 1.45 bits per heavy atom. The summed E-state index contributed by atoms with van der Waals surface area (Å²) in [5.74, 6) is 2.60. The normalized spacial score (nSPS) is 19.0. The van der Waals surface area contributed by atoms with Crippen LogP contribution in [-0.4, -0.2) is 53.8 Å². The number of hydrogen-bond acceptors (Lipinski definition) is 6. The van der Waals surface area contributed by atoms with Crippen molar-refractivity contribution in [3.8, 4) is 0 Å². The minimum absolute atomic E-state index is 0.572. The number of rotatable bonds is 6. The Kier molecular flexibility index (Phi) is 5.48. The van der Waals surface area contributed by atoms with Crippen molar-refractivity contribution in [3.05, 3.63) is 6.07 Å². The maximum Gasteiger partial charge on any atom is 0.191 e. The van der Waals surface area contributed by atoms with E-state index in [0.29, 0.717) is 11.9 Å². The summed E-state index contributed by atoms with van der Waals surface area (Å²) < 4.78 is 0. The molecule has 1 fully saturated rings. The molecule has 0 radical (unpaired) electrons. The first-order valence-electron chi connectivity index (χ1n) is 7.29. The summed E-state index contributed by atoms with van der Waals surface area (Å²) >= 11 is 1.70. The zero-order chi connectivity index (χ0) is 14.5. The summed E-state index contributed by atoms with van der Waals surface area (Å²) in [6.07, 6.45) is 3.55. The van der Waals surface area contributed by atoms with Gasteiger partial charge in [0.05, 0.1) is 0 Å². The van der Waals surface area contributed by atoms with E-state index in [1.54, 1.807) is 11.8 Å². The maximum absolute atomic E-state index is 5.92. The maximum atomic E-state index is 5.92. The van der Waals surface area contributed by atoms with Crippen LogP contribution in [0.2, 0.25) is 0 Å². The smallest absolute Gasteiger partial charge is 0.191 e. The average molecular weight is 295 g/mol. The highest BCUT2D eigenvalue weighted by Gasteiger charge is 2.25. The molecule has 6 heteroatoms. The molecule has 1 aliphatic rings. The molecule has 112 valence electrons. The molecule has 5 nitrogen and oxygen atoms in total. The second kappa shape index (κ2) is 7.13. The van der Waals surface area contributed by atoms with E-state index in [-0.39, 0.29) is 0 Å². The van der Waals surface area contributed by atoms with E-state index in [1.807, 2.05) is 6.07 Å². The van der Waals surface area contributed by atoms with E-state index in [4.69, 9.17) is 5.73 Å². The molecule has 1 aromatic rings. The van der Waals surface area contributed by atoms with E-state index in [9.17, 15) is 0 Å². The fourth-order valence-electron chi connectivity index (χ4n) is 2.34. The van der Waals surface area contributed by atoms with Crippen LogP contribution in [0, 0.1) is 0 Å². The highest BCUT2D eigenvalue weighted by atomic mass is 32.2. The van der Waals surface area contributed by atoms with Crippen LogP contribution < -0.4 is 10.6 Å². The van der Waals surface area contributed by atoms with Gasteiger partial charge in [0, 0.05) is 31.0 Å². The van der Waals surface area contributed by atoms with Crippen LogP contribution in [0.1, 0.15) is 26.2 Å². The molecule has 0 amide bonds. The van der Waals surface area contributed by atoms with Crippen molar-refractivity contribution in [1.29, 1.82) is 0 Å². The highest BCUT2D eigenvalue weighted by Crippen LogP contribution is 2.25. The first-order chi connectivity index (χ1) is 9.60. The molecular formula is C14H25N5S. The number of hydrogen-bond donors (Lipinski definition) is 1. The van der Waals surface area contributed by atoms with Crippen molar-refractivity contribution in [1.82, 2.24) is 14.9 Å². The van der Waals surface area contributed by atoms with Gasteiger partial charge in [0.1, 0.15) is 11.6 Å². The Hall–Kier alpha value is -1.01. The van der Waals surface area contributed by atoms with Crippen LogP contribution in [-0.2, 0) is 0 Å². The Morgan fingerprint density at radius 2 is 2.25 bits per heavy atom. The van der Waals surface area contributed by atoms with Crippen molar-refractivity contribution >= 4 is 23.4 Å². The third-order valence-corrected chi connectivity index (χ3v) is 4.59. The molecule has 20 heavy (non-hydrogen) atoms. The molecule has 1 saturated heterocycles. The van der Waals surface area contributed by atoms with E-state index in [0.717, 1.165) is 29.8 Å². The molecule has 0 aliphatic carbocycles. The Morgan fingerprint density at radius 3 is 2.90 bits per heavy atom. The lowest BCUT2D eigenvalue weighted by molar-refractivity contribution is 0.315. The zero-order valence-corrected chi connectivity index (χ0v) is 13.5. The van der Waals surface area contributed by atoms with Gasteiger partial charge in [-0.3, -0.25) is 0 Å². The Labute approximate surface area is 125 Å². The van der Waals surface area contributed by atoms with Crippen LogP contribution in [0.15, 0.2) is 11.2 Å². The molecule has 2 heterocycles. The number of nitrogens with two attached hydrogens (primary N) is 1. The zero-order valence-electron chi connectivity index (χ0n) is 12.7. The molecule has 0 bridgehead atoms. The molecule has 0 spiro atoms. The van der Waals surface area contributed by atoms with E-state index >= 15 is 0 Å². The Bertz CT molecular complexity index is 438. The minimum atomic E-state index is 0.572. The van der Waals surface area contributed by atoms with Crippen molar-refractivity contribution in [3.63, 3.8) is 0 Å². The number of thioether (sulfide) groups is 1. The second-order valence-corrected chi connectivity index (χ2v) is 6.55. The summed E-state index contributed by atoms with van der Waals surface area (Å²) in [7, 11) is 4.27. The predicted molar refractivity (Wildman–Crippen MR) is 86.4 cm³/mol. The number of anilines is 2. The highest BCUT2D eigenvalue weighted by molar-refractivity contribution is 7.99. The first kappa shape index (κ1) is 15.4. The van der Waals surface area contributed by atoms with E-state index < -0.39 is 0 Å². The third-order valence-electron chi connectivity index (χ3n) is 3.66. The second-order valence-electron chi connectivity index (χ2n) is 5.49. The SMILES string of the molecule is CCCCSc1nc(N)cc(N2CC[C@H](N(C)C)C2)n1. The van der Waals surface area contributed by atoms with Crippen molar-refractivity contribution < 1.29 is 0 Å².